The van der Waals surface area contributed by atoms with Crippen LogP contribution in [0.1, 0.15) is 49.5 Å². The fourth-order valence-corrected chi connectivity index (χ4v) is 2.86. The number of aromatic nitrogens is 1. The molecule has 4 heteroatoms. The Morgan fingerprint density at radius 3 is 2.63 bits per heavy atom. The van der Waals surface area contributed by atoms with E-state index >= 15 is 0 Å². The summed E-state index contributed by atoms with van der Waals surface area (Å²) in [6, 6.07) is 5.55. The predicted molar refractivity (Wildman–Crippen MR) is 76.8 cm³/mol. The van der Waals surface area contributed by atoms with Gasteiger partial charge in [-0.25, -0.2) is 4.98 Å². The van der Waals surface area contributed by atoms with E-state index in [0.29, 0.717) is 17.6 Å². The molecule has 1 fully saturated rings. The lowest BCUT2D eigenvalue weighted by molar-refractivity contribution is 0.0669. The molecule has 0 bridgehead atoms. The van der Waals surface area contributed by atoms with Crippen molar-refractivity contribution in [2.24, 2.45) is 5.92 Å². The van der Waals surface area contributed by atoms with E-state index in [9.17, 15) is 4.79 Å². The maximum atomic E-state index is 12.4. The molecular formula is C15H23N3O. The first kappa shape index (κ1) is 13.8. The first-order chi connectivity index (χ1) is 9.11. The molecule has 1 saturated carbocycles. The van der Waals surface area contributed by atoms with Crippen LogP contribution in [-0.4, -0.2) is 28.9 Å². The van der Waals surface area contributed by atoms with Crippen molar-refractivity contribution in [1.82, 2.24) is 9.88 Å². The number of nitrogen functional groups attached to an aromatic ring is 1. The van der Waals surface area contributed by atoms with Gasteiger partial charge in [0.05, 0.1) is 0 Å². The van der Waals surface area contributed by atoms with Gasteiger partial charge in [0.2, 0.25) is 0 Å². The van der Waals surface area contributed by atoms with E-state index in [1.54, 1.807) is 18.2 Å². The zero-order valence-corrected chi connectivity index (χ0v) is 11.8. The largest absolute Gasteiger partial charge is 0.384 e. The SMILES string of the molecule is CCC1CCC(N(C)C(=O)c2cccc(N)n2)CC1. The fraction of sp³-hybridized carbons (Fsp3) is 0.600. The van der Waals surface area contributed by atoms with Crippen molar-refractivity contribution in [2.45, 2.75) is 45.1 Å². The summed E-state index contributed by atoms with van der Waals surface area (Å²) in [6.07, 6.45) is 5.90. The van der Waals surface area contributed by atoms with Crippen molar-refractivity contribution >= 4 is 11.7 Å². The maximum Gasteiger partial charge on any atom is 0.272 e. The van der Waals surface area contributed by atoms with Crippen LogP contribution >= 0.6 is 0 Å². The lowest BCUT2D eigenvalue weighted by Gasteiger charge is -2.34. The Morgan fingerprint density at radius 2 is 2.05 bits per heavy atom. The van der Waals surface area contributed by atoms with Gasteiger partial charge in [-0.2, -0.15) is 0 Å². The Balaban J connectivity index is 2.00. The number of nitrogens with two attached hydrogens (primary N) is 1. The van der Waals surface area contributed by atoms with Crippen LogP contribution in [0.25, 0.3) is 0 Å². The quantitative estimate of drug-likeness (QED) is 0.910. The van der Waals surface area contributed by atoms with E-state index in [0.717, 1.165) is 18.8 Å². The second-order valence-corrected chi connectivity index (χ2v) is 5.45. The van der Waals surface area contributed by atoms with Crippen LogP contribution in [0.4, 0.5) is 5.82 Å². The van der Waals surface area contributed by atoms with Crippen molar-refractivity contribution in [3.63, 3.8) is 0 Å². The number of nitrogens with zero attached hydrogens (tertiary/aromatic N) is 2. The number of hydrogen-bond acceptors (Lipinski definition) is 3. The molecule has 0 aliphatic heterocycles. The first-order valence-electron chi connectivity index (χ1n) is 7.11. The van der Waals surface area contributed by atoms with Crippen molar-refractivity contribution in [2.75, 3.05) is 12.8 Å². The fourth-order valence-electron chi connectivity index (χ4n) is 2.86. The first-order valence-corrected chi connectivity index (χ1v) is 7.11. The minimum atomic E-state index is -0.0211. The lowest BCUT2D eigenvalue weighted by Crippen LogP contribution is -2.39. The molecule has 1 aromatic heterocycles. The summed E-state index contributed by atoms with van der Waals surface area (Å²) in [5.41, 5.74) is 6.07. The molecule has 0 aromatic carbocycles. The van der Waals surface area contributed by atoms with Crippen LogP contribution in [0.15, 0.2) is 18.2 Å². The highest BCUT2D eigenvalue weighted by Gasteiger charge is 2.26. The number of rotatable bonds is 3. The van der Waals surface area contributed by atoms with Crippen molar-refractivity contribution < 1.29 is 4.79 Å². The van der Waals surface area contributed by atoms with Crippen molar-refractivity contribution in [3.8, 4) is 0 Å². The topological polar surface area (TPSA) is 59.2 Å². The van der Waals surface area contributed by atoms with Gasteiger partial charge < -0.3 is 10.6 Å². The third-order valence-corrected chi connectivity index (χ3v) is 4.25. The molecule has 104 valence electrons. The minimum absolute atomic E-state index is 0.0211. The van der Waals surface area contributed by atoms with Gasteiger partial charge >= 0.3 is 0 Å². The van der Waals surface area contributed by atoms with Gasteiger partial charge in [-0.1, -0.05) is 19.4 Å². The number of pyridine rings is 1. The average molecular weight is 261 g/mol. The molecule has 1 aliphatic carbocycles. The van der Waals surface area contributed by atoms with Crippen LogP contribution in [0.3, 0.4) is 0 Å². The summed E-state index contributed by atoms with van der Waals surface area (Å²) in [5, 5.41) is 0. The Hall–Kier alpha value is -1.58. The standard InChI is InChI=1S/C15H23N3O/c1-3-11-7-9-12(10-8-11)18(2)15(19)13-5-4-6-14(16)17-13/h4-6,11-12H,3,7-10H2,1-2H3,(H2,16,17). The Bertz CT molecular complexity index is 439. The summed E-state index contributed by atoms with van der Waals surface area (Å²) in [5.74, 6) is 1.21. The molecule has 0 saturated heterocycles. The summed E-state index contributed by atoms with van der Waals surface area (Å²) in [7, 11) is 1.88. The maximum absolute atomic E-state index is 12.4. The molecule has 0 spiro atoms. The van der Waals surface area contributed by atoms with E-state index in [2.05, 4.69) is 11.9 Å². The van der Waals surface area contributed by atoms with E-state index in [1.807, 2.05) is 11.9 Å². The third kappa shape index (κ3) is 3.25. The molecule has 2 rings (SSSR count). The van der Waals surface area contributed by atoms with Gasteiger partial charge in [-0.3, -0.25) is 4.79 Å². The van der Waals surface area contributed by atoms with Gasteiger partial charge in [0.25, 0.3) is 5.91 Å². The number of amides is 1. The van der Waals surface area contributed by atoms with E-state index in [-0.39, 0.29) is 5.91 Å². The van der Waals surface area contributed by atoms with Crippen LogP contribution < -0.4 is 5.73 Å². The van der Waals surface area contributed by atoms with Gasteiger partial charge in [0.15, 0.2) is 0 Å². The van der Waals surface area contributed by atoms with Gasteiger partial charge in [0, 0.05) is 13.1 Å². The van der Waals surface area contributed by atoms with E-state index < -0.39 is 0 Å². The number of anilines is 1. The van der Waals surface area contributed by atoms with Gasteiger partial charge in [-0.05, 0) is 43.7 Å². The third-order valence-electron chi connectivity index (χ3n) is 4.25. The number of hydrogen-bond donors (Lipinski definition) is 1. The zero-order valence-electron chi connectivity index (χ0n) is 11.8. The Morgan fingerprint density at radius 1 is 1.37 bits per heavy atom. The average Bonchev–Trinajstić information content (AvgIpc) is 2.46. The minimum Gasteiger partial charge on any atom is -0.384 e. The molecule has 4 nitrogen and oxygen atoms in total. The highest BCUT2D eigenvalue weighted by molar-refractivity contribution is 5.92. The Labute approximate surface area is 115 Å². The smallest absolute Gasteiger partial charge is 0.272 e. The molecule has 0 radical (unpaired) electrons. The van der Waals surface area contributed by atoms with Crippen LogP contribution in [-0.2, 0) is 0 Å². The summed E-state index contributed by atoms with van der Waals surface area (Å²) in [4.78, 5) is 18.3. The second-order valence-electron chi connectivity index (χ2n) is 5.45. The monoisotopic (exact) mass is 261 g/mol. The molecule has 0 atom stereocenters. The second kappa shape index (κ2) is 6.04. The Kier molecular flexibility index (Phi) is 4.40. The highest BCUT2D eigenvalue weighted by atomic mass is 16.2. The number of carbonyl (C=O) groups is 1. The molecule has 1 aliphatic rings. The van der Waals surface area contributed by atoms with Crippen molar-refractivity contribution in [1.29, 1.82) is 0 Å². The van der Waals surface area contributed by atoms with Crippen LogP contribution in [0.5, 0.6) is 0 Å². The zero-order chi connectivity index (χ0) is 13.8. The summed E-state index contributed by atoms with van der Waals surface area (Å²) < 4.78 is 0. The van der Waals surface area contributed by atoms with E-state index in [1.165, 1.54) is 19.3 Å². The van der Waals surface area contributed by atoms with Gasteiger partial charge in [0.1, 0.15) is 11.5 Å². The summed E-state index contributed by atoms with van der Waals surface area (Å²) in [6.45, 7) is 2.25. The lowest BCUT2D eigenvalue weighted by atomic mass is 9.84. The van der Waals surface area contributed by atoms with Crippen molar-refractivity contribution in [3.05, 3.63) is 23.9 Å². The molecule has 0 unspecified atom stereocenters. The molecular weight excluding hydrogens is 238 g/mol. The highest BCUT2D eigenvalue weighted by Crippen LogP contribution is 2.29. The van der Waals surface area contributed by atoms with Gasteiger partial charge in [-0.15, -0.1) is 0 Å². The molecule has 1 aromatic rings. The molecule has 1 amide bonds. The molecule has 19 heavy (non-hydrogen) atoms. The van der Waals surface area contributed by atoms with Crippen LogP contribution in [0, 0.1) is 5.92 Å². The summed E-state index contributed by atoms with van der Waals surface area (Å²) >= 11 is 0. The normalized spacial score (nSPS) is 23.1. The molecule has 1 heterocycles. The predicted octanol–water partition coefficient (Wildman–Crippen LogP) is 2.70. The molecule has 2 N–H and O–H groups in total. The van der Waals surface area contributed by atoms with E-state index in [4.69, 9.17) is 5.73 Å². The van der Waals surface area contributed by atoms with Crippen LogP contribution in [0.2, 0.25) is 0 Å². The number of carbonyl (C=O) groups excluding carboxylic acids is 1.